The molecule has 0 N–H and O–H groups in total. The quantitative estimate of drug-likeness (QED) is 0.260. The second-order valence-electron chi connectivity index (χ2n) is 0.447. The summed E-state index contributed by atoms with van der Waals surface area (Å²) in [6.07, 6.45) is 0. The summed E-state index contributed by atoms with van der Waals surface area (Å²) in [5, 5.41) is 0. The van der Waals surface area contributed by atoms with Gasteiger partial charge in [-0.05, 0) is 0 Å². The van der Waals surface area contributed by atoms with E-state index in [0.29, 0.717) is 0 Å². The third kappa shape index (κ3) is 139. The fraction of sp³-hybridized carbons (Fsp3) is 0. The Morgan fingerprint density at radius 1 is 0.455 bits per heavy atom. The van der Waals surface area contributed by atoms with Gasteiger partial charge in [0.15, 0.2) is 0 Å². The Kier molecular flexibility index (Phi) is 62.5. The van der Waals surface area contributed by atoms with Crippen LogP contribution in [0.3, 0.4) is 0 Å². The van der Waals surface area contributed by atoms with Crippen molar-refractivity contribution in [2.75, 3.05) is 0 Å². The normalized spacial score (nSPS) is 6.55. The molecule has 0 bridgehead atoms. The van der Waals surface area contributed by atoms with Crippen LogP contribution in [-0.2, 0) is 81.9 Å². The van der Waals surface area contributed by atoms with Gasteiger partial charge in [0.2, 0.25) is 0 Å². The molecule has 0 saturated carbocycles. The summed E-state index contributed by atoms with van der Waals surface area (Å²) >= 11 is -7.88. The van der Waals surface area contributed by atoms with Crippen LogP contribution in [0.25, 0.3) is 0 Å². The first-order valence-corrected chi connectivity index (χ1v) is 5.69. The molecule has 0 heterocycles. The topological polar surface area (TPSA) is 138 Å². The molecule has 0 amide bonds. The van der Waals surface area contributed by atoms with Crippen LogP contribution in [0, 0.1) is 0 Å². The van der Waals surface area contributed by atoms with Gasteiger partial charge >= 0.3 is 138 Å². The second kappa shape index (κ2) is 23.5. The summed E-state index contributed by atoms with van der Waals surface area (Å²) < 4.78 is 51.4. The van der Waals surface area contributed by atoms with Gasteiger partial charge in [-0.25, -0.2) is 0 Å². The van der Waals surface area contributed by atoms with Crippen molar-refractivity contribution in [2.45, 2.75) is 0 Å². The van der Waals surface area contributed by atoms with E-state index in [2.05, 4.69) is 0 Å². The van der Waals surface area contributed by atoms with Crippen LogP contribution in [0.15, 0.2) is 0 Å². The van der Waals surface area contributed by atoms with Crippen LogP contribution >= 0.6 is 0 Å². The third-order valence-corrected chi connectivity index (χ3v) is 0. The van der Waals surface area contributed by atoms with E-state index in [1.165, 1.54) is 0 Å². The Morgan fingerprint density at radius 3 is 0.455 bits per heavy atom. The first-order chi connectivity index (χ1) is 3.46. The summed E-state index contributed by atoms with van der Waals surface area (Å²) in [5.74, 6) is 0. The summed E-state index contributed by atoms with van der Waals surface area (Å²) in [5.41, 5.74) is 0. The Morgan fingerprint density at radius 2 is 0.455 bits per heavy atom. The van der Waals surface area contributed by atoms with Crippen LogP contribution in [0.2, 0.25) is 0 Å². The van der Waals surface area contributed by atoms with Gasteiger partial charge in [-0.15, -0.1) is 0 Å². The van der Waals surface area contributed by atoms with Crippen molar-refractivity contribution < 1.29 is 106 Å². The molecule has 0 aromatic heterocycles. The van der Waals surface area contributed by atoms with E-state index in [4.69, 9.17) is 24.6 Å². The fourth-order valence-electron chi connectivity index (χ4n) is 0. The zero-order chi connectivity index (χ0) is 7.15. The first kappa shape index (κ1) is 29.3. The molecular formula is As2Cd3O6. The molecule has 0 rings (SSSR count). The SMILES string of the molecule is [Cd+2].[Cd+2].[Cd+2].[O-][As]([O-])[O-].[O-][As]([O-])[O-]. The van der Waals surface area contributed by atoms with Crippen molar-refractivity contribution >= 4 is 31.4 Å². The molecule has 0 atom stereocenters. The standard InChI is InChI=1S/2AsO3.3Cd/c2*2-1(3)4;;;/q2*-3;3*+2. The molecular weight excluding hydrogens is 583 g/mol. The molecule has 0 spiro atoms. The number of hydrogen-bond donors (Lipinski definition) is 0. The number of hydrogen-bond acceptors (Lipinski definition) is 6. The van der Waals surface area contributed by atoms with Crippen LogP contribution < -0.4 is 24.6 Å². The monoisotopic (exact) mass is 588 g/mol. The second-order valence-corrected chi connectivity index (χ2v) is 2.32. The average molecular weight is 583 g/mol. The van der Waals surface area contributed by atoms with Gasteiger partial charge in [-0.3, -0.25) is 0 Å². The van der Waals surface area contributed by atoms with Crippen LogP contribution in [0.4, 0.5) is 0 Å². The molecule has 0 unspecified atom stereocenters. The van der Waals surface area contributed by atoms with Crippen LogP contribution in [-0.4, -0.2) is 31.4 Å². The van der Waals surface area contributed by atoms with Crippen molar-refractivity contribution in [2.24, 2.45) is 0 Å². The van der Waals surface area contributed by atoms with Gasteiger partial charge in [-0.1, -0.05) is 0 Å². The van der Waals surface area contributed by atoms with Crippen molar-refractivity contribution in [3.63, 3.8) is 0 Å². The van der Waals surface area contributed by atoms with Gasteiger partial charge in [0.1, 0.15) is 0 Å². The van der Waals surface area contributed by atoms with Crippen LogP contribution in [0.5, 0.6) is 0 Å². The molecule has 0 aromatic carbocycles. The Hall–Kier alpha value is 3.64. The van der Waals surface area contributed by atoms with Crippen molar-refractivity contribution in [3.05, 3.63) is 0 Å². The number of rotatable bonds is 0. The van der Waals surface area contributed by atoms with E-state index < -0.39 is 31.4 Å². The zero-order valence-corrected chi connectivity index (χ0v) is 21.3. The molecule has 6 nitrogen and oxygen atoms in total. The predicted octanol–water partition coefficient (Wildman–Crippen LogP) is -7.90. The Balaban J connectivity index is -0.0000000171. The van der Waals surface area contributed by atoms with Gasteiger partial charge in [0.25, 0.3) is 0 Å². The van der Waals surface area contributed by atoms with E-state index in [0.717, 1.165) is 0 Å². The van der Waals surface area contributed by atoms with Gasteiger partial charge in [0, 0.05) is 0 Å². The third-order valence-electron chi connectivity index (χ3n) is 0. The van der Waals surface area contributed by atoms with Crippen molar-refractivity contribution in [1.29, 1.82) is 0 Å². The molecule has 11 heavy (non-hydrogen) atoms. The minimum atomic E-state index is -3.94. The van der Waals surface area contributed by atoms with Gasteiger partial charge in [0.05, 0.1) is 0 Å². The molecule has 11 heteroatoms. The molecule has 0 fully saturated rings. The first-order valence-electron chi connectivity index (χ1n) is 1.10. The van der Waals surface area contributed by atoms with Crippen LogP contribution in [0.1, 0.15) is 0 Å². The summed E-state index contributed by atoms with van der Waals surface area (Å²) in [6, 6.07) is 0. The van der Waals surface area contributed by atoms with E-state index in [1.54, 1.807) is 0 Å². The van der Waals surface area contributed by atoms with Gasteiger partial charge in [-0.2, -0.15) is 0 Å². The molecule has 0 aliphatic heterocycles. The Labute approximate surface area is 135 Å². The Bertz CT molecular complexity index is 31.3. The molecule has 0 radical (unpaired) electrons. The molecule has 0 saturated heterocycles. The molecule has 0 aliphatic rings. The van der Waals surface area contributed by atoms with E-state index >= 15 is 0 Å². The van der Waals surface area contributed by atoms with E-state index in [1.807, 2.05) is 0 Å². The molecule has 52 valence electrons. The summed E-state index contributed by atoms with van der Waals surface area (Å²) in [6.45, 7) is 0. The average Bonchev–Trinajstić information content (AvgIpc) is 1.25. The minimum absolute atomic E-state index is 0. The van der Waals surface area contributed by atoms with Crippen molar-refractivity contribution in [1.82, 2.24) is 0 Å². The van der Waals surface area contributed by atoms with Gasteiger partial charge < -0.3 is 0 Å². The molecule has 0 aliphatic carbocycles. The van der Waals surface area contributed by atoms with E-state index in [9.17, 15) is 0 Å². The van der Waals surface area contributed by atoms with E-state index in [-0.39, 0.29) is 81.9 Å². The molecule has 0 aromatic rings. The summed E-state index contributed by atoms with van der Waals surface area (Å²) in [4.78, 5) is 0. The fourth-order valence-corrected chi connectivity index (χ4v) is 0. The maximum atomic E-state index is 8.56. The predicted molar refractivity (Wildman–Crippen MR) is 11.5 cm³/mol. The maximum absolute atomic E-state index is 8.56. The summed E-state index contributed by atoms with van der Waals surface area (Å²) in [7, 11) is 0. The van der Waals surface area contributed by atoms with Crippen molar-refractivity contribution in [3.8, 4) is 0 Å². The zero-order valence-electron chi connectivity index (χ0n) is 5.47.